The van der Waals surface area contributed by atoms with Crippen molar-refractivity contribution in [1.29, 1.82) is 0 Å². The molecule has 1 aliphatic heterocycles. The number of amides is 1. The first-order valence-corrected chi connectivity index (χ1v) is 6.02. The fourth-order valence-corrected chi connectivity index (χ4v) is 3.35. The zero-order chi connectivity index (χ0) is 10.8. The van der Waals surface area contributed by atoms with E-state index in [4.69, 9.17) is 5.11 Å². The molecular formula is C7H13NO5S. The van der Waals surface area contributed by atoms with Crippen molar-refractivity contribution in [2.45, 2.75) is 12.1 Å². The first-order valence-electron chi connectivity index (χ1n) is 4.20. The Morgan fingerprint density at radius 1 is 1.43 bits per heavy atom. The van der Waals surface area contributed by atoms with E-state index in [9.17, 15) is 18.3 Å². The van der Waals surface area contributed by atoms with Gasteiger partial charge in [0.25, 0.3) is 0 Å². The molecule has 0 aliphatic carbocycles. The van der Waals surface area contributed by atoms with Gasteiger partial charge in [-0.15, -0.1) is 0 Å². The smallest absolute Gasteiger partial charge is 0.210 e. The summed E-state index contributed by atoms with van der Waals surface area (Å²) in [6.45, 7) is -0.206. The number of hydrogen-bond acceptors (Lipinski definition) is 5. The van der Waals surface area contributed by atoms with Crippen molar-refractivity contribution in [3.05, 3.63) is 0 Å². The van der Waals surface area contributed by atoms with Crippen LogP contribution in [0, 0.1) is 0 Å². The van der Waals surface area contributed by atoms with Gasteiger partial charge in [-0.2, -0.15) is 0 Å². The van der Waals surface area contributed by atoms with Crippen LogP contribution in [0.25, 0.3) is 0 Å². The van der Waals surface area contributed by atoms with Crippen LogP contribution < -0.4 is 0 Å². The molecule has 0 saturated carbocycles. The minimum atomic E-state index is -3.25. The van der Waals surface area contributed by atoms with Crippen LogP contribution in [0.4, 0.5) is 0 Å². The molecule has 0 aromatic rings. The Balaban J connectivity index is 2.72. The number of aliphatic hydroxyl groups excluding tert-OH is 2. The lowest BCUT2D eigenvalue weighted by molar-refractivity contribution is -0.122. The maximum atomic E-state index is 11.1. The lowest BCUT2D eigenvalue weighted by Gasteiger charge is -2.25. The molecule has 0 aromatic heterocycles. The van der Waals surface area contributed by atoms with Gasteiger partial charge in [0, 0.05) is 6.54 Å². The Hall–Kier alpha value is -0.660. The van der Waals surface area contributed by atoms with E-state index < -0.39 is 22.0 Å². The third-order valence-corrected chi connectivity index (χ3v) is 3.91. The average molecular weight is 223 g/mol. The molecule has 0 bridgehead atoms. The van der Waals surface area contributed by atoms with Crippen molar-refractivity contribution < 1.29 is 23.4 Å². The topological polar surface area (TPSA) is 94.9 Å². The van der Waals surface area contributed by atoms with Gasteiger partial charge in [-0.1, -0.05) is 0 Å². The zero-order valence-corrected chi connectivity index (χ0v) is 8.35. The molecule has 1 fully saturated rings. The fraction of sp³-hybridized carbons (Fsp3) is 0.857. The quantitative estimate of drug-likeness (QED) is 0.518. The van der Waals surface area contributed by atoms with Crippen molar-refractivity contribution in [3.63, 3.8) is 0 Å². The van der Waals surface area contributed by atoms with Crippen molar-refractivity contribution in [3.8, 4) is 0 Å². The number of hydrogen-bond donors (Lipinski definition) is 2. The van der Waals surface area contributed by atoms with Crippen molar-refractivity contribution in [2.75, 3.05) is 24.7 Å². The molecule has 0 aromatic carbocycles. The van der Waals surface area contributed by atoms with E-state index in [0.717, 1.165) is 4.90 Å². The van der Waals surface area contributed by atoms with Crippen LogP contribution in [0.1, 0.15) is 0 Å². The Bertz CT molecular complexity index is 301. The van der Waals surface area contributed by atoms with Crippen molar-refractivity contribution >= 4 is 16.2 Å². The third kappa shape index (κ3) is 2.43. The molecule has 2 N–H and O–H groups in total. The van der Waals surface area contributed by atoms with Crippen LogP contribution >= 0.6 is 0 Å². The Kier molecular flexibility index (Phi) is 3.46. The van der Waals surface area contributed by atoms with Crippen LogP contribution in [-0.2, 0) is 14.6 Å². The number of sulfone groups is 1. The highest BCUT2D eigenvalue weighted by molar-refractivity contribution is 7.91. The monoisotopic (exact) mass is 223 g/mol. The zero-order valence-electron chi connectivity index (χ0n) is 7.54. The Labute approximate surface area is 82.1 Å². The molecule has 0 radical (unpaired) electrons. The van der Waals surface area contributed by atoms with Gasteiger partial charge in [0.15, 0.2) is 9.84 Å². The average Bonchev–Trinajstić information content (AvgIpc) is 2.35. The molecule has 82 valence electrons. The minimum Gasteiger partial charge on any atom is -0.395 e. The molecule has 1 rings (SSSR count). The lowest BCUT2D eigenvalue weighted by Crippen LogP contribution is -2.43. The van der Waals surface area contributed by atoms with Gasteiger partial charge in [0.05, 0.1) is 30.3 Å². The third-order valence-electron chi connectivity index (χ3n) is 2.21. The number of aliphatic hydroxyl groups is 2. The SMILES string of the molecule is O=CN(CCO)[C@H]1CS(=O)(=O)C[C@H]1O. The molecule has 0 spiro atoms. The summed E-state index contributed by atoms with van der Waals surface area (Å²) < 4.78 is 22.2. The molecule has 1 heterocycles. The lowest BCUT2D eigenvalue weighted by atomic mass is 10.2. The van der Waals surface area contributed by atoms with E-state index in [0.29, 0.717) is 6.41 Å². The molecule has 14 heavy (non-hydrogen) atoms. The van der Waals surface area contributed by atoms with Gasteiger partial charge in [-0.05, 0) is 0 Å². The predicted molar refractivity (Wildman–Crippen MR) is 48.3 cm³/mol. The summed E-state index contributed by atoms with van der Waals surface area (Å²) >= 11 is 0. The molecular weight excluding hydrogens is 210 g/mol. The number of rotatable bonds is 4. The molecule has 6 nitrogen and oxygen atoms in total. The van der Waals surface area contributed by atoms with Crippen LogP contribution in [0.5, 0.6) is 0 Å². The van der Waals surface area contributed by atoms with Crippen LogP contribution in [0.15, 0.2) is 0 Å². The fourth-order valence-electron chi connectivity index (χ4n) is 1.54. The number of carbonyl (C=O) groups is 1. The van der Waals surface area contributed by atoms with E-state index in [-0.39, 0.29) is 24.7 Å². The molecule has 1 aliphatic rings. The van der Waals surface area contributed by atoms with Crippen molar-refractivity contribution in [1.82, 2.24) is 4.90 Å². The predicted octanol–water partition coefficient (Wildman–Crippen LogP) is -2.40. The Morgan fingerprint density at radius 3 is 2.43 bits per heavy atom. The summed E-state index contributed by atoms with van der Waals surface area (Å²) in [5, 5.41) is 18.0. The second-order valence-electron chi connectivity index (χ2n) is 3.28. The highest BCUT2D eigenvalue weighted by atomic mass is 32.2. The summed E-state index contributed by atoms with van der Waals surface area (Å²) in [4.78, 5) is 11.7. The summed E-state index contributed by atoms with van der Waals surface area (Å²) in [6, 6.07) is -0.718. The first kappa shape index (κ1) is 11.4. The molecule has 7 heteroatoms. The van der Waals surface area contributed by atoms with E-state index in [1.54, 1.807) is 0 Å². The van der Waals surface area contributed by atoms with E-state index >= 15 is 0 Å². The van der Waals surface area contributed by atoms with Crippen LogP contribution in [-0.4, -0.2) is 66.7 Å². The molecule has 1 saturated heterocycles. The van der Waals surface area contributed by atoms with Crippen LogP contribution in [0.2, 0.25) is 0 Å². The van der Waals surface area contributed by atoms with E-state index in [2.05, 4.69) is 0 Å². The second-order valence-corrected chi connectivity index (χ2v) is 5.43. The maximum absolute atomic E-state index is 11.1. The van der Waals surface area contributed by atoms with Gasteiger partial charge in [0.2, 0.25) is 6.41 Å². The van der Waals surface area contributed by atoms with Gasteiger partial charge in [0.1, 0.15) is 0 Å². The highest BCUT2D eigenvalue weighted by Gasteiger charge is 2.39. The minimum absolute atomic E-state index is 0.0424. The molecule has 2 atom stereocenters. The standard InChI is InChI=1S/C7H13NO5S/c9-2-1-8(5-10)6-3-14(12,13)4-7(6)11/h5-7,9,11H,1-4H2/t6-,7+/m0/s1. The van der Waals surface area contributed by atoms with E-state index in [1.165, 1.54) is 0 Å². The maximum Gasteiger partial charge on any atom is 0.210 e. The number of carbonyl (C=O) groups excluding carboxylic acids is 1. The molecule has 0 unspecified atom stereocenters. The van der Waals surface area contributed by atoms with Gasteiger partial charge in [-0.3, -0.25) is 4.79 Å². The van der Waals surface area contributed by atoms with Crippen molar-refractivity contribution in [2.24, 2.45) is 0 Å². The summed E-state index contributed by atoms with van der Waals surface area (Å²) in [6.07, 6.45) is -0.595. The summed E-state index contributed by atoms with van der Waals surface area (Å²) in [7, 11) is -3.25. The summed E-state index contributed by atoms with van der Waals surface area (Å²) in [5.41, 5.74) is 0. The number of nitrogens with zero attached hydrogens (tertiary/aromatic N) is 1. The van der Waals surface area contributed by atoms with Gasteiger partial charge >= 0.3 is 0 Å². The van der Waals surface area contributed by atoms with Crippen LogP contribution in [0.3, 0.4) is 0 Å². The normalized spacial score (nSPS) is 30.1. The summed E-state index contributed by atoms with van der Waals surface area (Å²) in [5.74, 6) is -0.541. The Morgan fingerprint density at radius 2 is 2.07 bits per heavy atom. The van der Waals surface area contributed by atoms with Gasteiger partial charge in [-0.25, -0.2) is 8.42 Å². The molecule has 1 amide bonds. The second kappa shape index (κ2) is 4.24. The largest absolute Gasteiger partial charge is 0.395 e. The van der Waals surface area contributed by atoms with Gasteiger partial charge < -0.3 is 15.1 Å². The van der Waals surface area contributed by atoms with E-state index in [1.807, 2.05) is 0 Å². The first-order chi connectivity index (χ1) is 6.50. The highest BCUT2D eigenvalue weighted by Crippen LogP contribution is 2.17.